The quantitative estimate of drug-likeness (QED) is 0.0243. The number of amides is 13. The number of likely N-dealkylation sites (tertiary alicyclic amines) is 1. The molecule has 111 heavy (non-hydrogen) atoms. The van der Waals surface area contributed by atoms with Crippen LogP contribution in [0.2, 0.25) is 5.02 Å². The smallest absolute Gasteiger partial charge is 0.252 e. The summed E-state index contributed by atoms with van der Waals surface area (Å²) in [6.45, 7) is 5.84. The number of aliphatic hydroxyl groups excluding tert-OH is 1. The minimum atomic E-state index is -1.83. The third-order valence-electron chi connectivity index (χ3n) is 18.6. The summed E-state index contributed by atoms with van der Waals surface area (Å²) in [6.07, 6.45) is 10.6. The van der Waals surface area contributed by atoms with Gasteiger partial charge in [-0.05, 0) is 166 Å². The van der Waals surface area contributed by atoms with Crippen LogP contribution in [0.4, 0.5) is 0 Å². The zero-order chi connectivity index (χ0) is 80.4. The first-order valence-electron chi connectivity index (χ1n) is 37.4. The van der Waals surface area contributed by atoms with E-state index in [0.717, 1.165) is 10.8 Å². The molecule has 594 valence electrons. The Labute approximate surface area is 649 Å². The van der Waals surface area contributed by atoms with Crippen molar-refractivity contribution in [1.82, 2.24) is 78.3 Å². The Kier molecular flexibility index (Phi) is 35.2. The SMILES string of the molecule is CC(=O)NC(Cc1ccc2ccccc2c1)C(=O)NC(Cc1ccc(Cl)cc1)C(=O)NC(Cc1cccnc1)C(=O)NC(CO)C(=O)NC(CCCCNC(=O)c1cccnc1)C(=O)NC(CCCCNC(=O)c1cccnc1)C(=O)NC(CC(C)C)C(=O)NC(CCCCN)C(=O)N1CCCC1C(=O)NC(C)C(N)=O. The molecule has 7 rings (SSSR count). The number of carbonyl (C=O) groups is 13. The van der Waals surface area contributed by atoms with Gasteiger partial charge in [0, 0.05) is 88.0 Å². The number of fused-ring (bicyclic) bond motifs is 1. The molecule has 1 aliphatic heterocycles. The number of aliphatic hydroxyl groups is 1. The van der Waals surface area contributed by atoms with Gasteiger partial charge in [-0.1, -0.05) is 86.1 Å². The molecule has 0 saturated carbocycles. The number of nitrogens with two attached hydrogens (primary N) is 2. The maximum atomic E-state index is 15.1. The fraction of sp³-hybridized carbons (Fsp3) is 0.443. The molecule has 3 aromatic carbocycles. The lowest BCUT2D eigenvalue weighted by atomic mass is 9.99. The first-order valence-corrected chi connectivity index (χ1v) is 37.8. The summed E-state index contributed by atoms with van der Waals surface area (Å²) in [7, 11) is 0. The van der Waals surface area contributed by atoms with E-state index in [-0.39, 0.29) is 115 Å². The highest BCUT2D eigenvalue weighted by Gasteiger charge is 2.40. The number of nitrogens with zero attached hydrogens (tertiary/aromatic N) is 4. The number of pyridine rings is 3. The summed E-state index contributed by atoms with van der Waals surface area (Å²) in [6, 6.07) is 15.7. The lowest BCUT2D eigenvalue weighted by molar-refractivity contribution is -0.142. The Morgan fingerprint density at radius 2 is 0.955 bits per heavy atom. The van der Waals surface area contributed by atoms with Crippen LogP contribution >= 0.6 is 11.6 Å². The van der Waals surface area contributed by atoms with Crippen LogP contribution in [-0.2, 0) is 72.0 Å². The van der Waals surface area contributed by atoms with Crippen LogP contribution in [0.1, 0.15) is 142 Å². The van der Waals surface area contributed by atoms with E-state index in [0.29, 0.717) is 46.5 Å². The summed E-state index contributed by atoms with van der Waals surface area (Å²) in [5, 5.41) is 43.2. The van der Waals surface area contributed by atoms with Gasteiger partial charge in [-0.3, -0.25) is 77.3 Å². The second kappa shape index (κ2) is 45.0. The molecular formula is C79H102ClN17O14. The number of rotatable bonds is 44. The van der Waals surface area contributed by atoms with Crippen molar-refractivity contribution in [3.8, 4) is 0 Å². The number of unbranched alkanes of at least 4 members (excludes halogenated alkanes) is 3. The number of benzene rings is 3. The highest BCUT2D eigenvalue weighted by molar-refractivity contribution is 6.30. The molecule has 13 amide bonds. The Morgan fingerprint density at radius 3 is 1.48 bits per heavy atom. The van der Waals surface area contributed by atoms with Crippen LogP contribution < -0.4 is 70.0 Å². The highest BCUT2D eigenvalue weighted by Crippen LogP contribution is 2.23. The molecule has 0 bridgehead atoms. The first kappa shape index (κ1) is 86.9. The molecule has 1 fully saturated rings. The van der Waals surface area contributed by atoms with Crippen molar-refractivity contribution in [2.45, 2.75) is 184 Å². The number of halogens is 1. The molecule has 32 heteroatoms. The minimum absolute atomic E-state index is 0.0212. The molecule has 0 radical (unpaired) electrons. The molecule has 16 N–H and O–H groups in total. The number of aromatic nitrogens is 3. The molecule has 4 heterocycles. The maximum Gasteiger partial charge on any atom is 0.252 e. The van der Waals surface area contributed by atoms with Gasteiger partial charge in [0.05, 0.1) is 17.7 Å². The van der Waals surface area contributed by atoms with Gasteiger partial charge in [0.15, 0.2) is 0 Å². The van der Waals surface area contributed by atoms with Gasteiger partial charge >= 0.3 is 0 Å². The predicted octanol–water partition coefficient (Wildman–Crippen LogP) is 1.95. The van der Waals surface area contributed by atoms with Crippen molar-refractivity contribution in [3.05, 3.63) is 173 Å². The van der Waals surface area contributed by atoms with Crippen molar-refractivity contribution < 1.29 is 67.4 Å². The molecule has 10 unspecified atom stereocenters. The van der Waals surface area contributed by atoms with Gasteiger partial charge in [-0.2, -0.15) is 0 Å². The Hall–Kier alpha value is -11.3. The number of nitrogens with one attached hydrogen (secondary N) is 11. The van der Waals surface area contributed by atoms with Crippen molar-refractivity contribution in [3.63, 3.8) is 0 Å². The Morgan fingerprint density at radius 1 is 0.495 bits per heavy atom. The van der Waals surface area contributed by atoms with E-state index in [2.05, 4.69) is 73.4 Å². The molecular weight excluding hydrogens is 1450 g/mol. The van der Waals surface area contributed by atoms with Crippen molar-refractivity contribution >= 4 is 99.2 Å². The zero-order valence-electron chi connectivity index (χ0n) is 62.8. The third-order valence-corrected chi connectivity index (χ3v) is 18.8. The molecule has 0 aliphatic carbocycles. The summed E-state index contributed by atoms with van der Waals surface area (Å²) in [5.74, 6) is -9.86. The summed E-state index contributed by atoms with van der Waals surface area (Å²) in [5.41, 5.74) is 13.5. The molecule has 1 aliphatic rings. The Bertz CT molecular complexity index is 4130. The molecule has 10 atom stereocenters. The summed E-state index contributed by atoms with van der Waals surface area (Å²) < 4.78 is 0. The molecule has 31 nitrogen and oxygen atoms in total. The van der Waals surface area contributed by atoms with Gasteiger partial charge < -0.3 is 80.0 Å². The monoisotopic (exact) mass is 1550 g/mol. The van der Waals surface area contributed by atoms with Crippen molar-refractivity contribution in [1.29, 1.82) is 0 Å². The zero-order valence-corrected chi connectivity index (χ0v) is 63.6. The highest BCUT2D eigenvalue weighted by atomic mass is 35.5. The van der Waals surface area contributed by atoms with E-state index >= 15 is 9.59 Å². The average Bonchev–Trinajstić information content (AvgIpc) is 1.69. The van der Waals surface area contributed by atoms with E-state index < -0.39 is 144 Å². The van der Waals surface area contributed by atoms with Crippen LogP contribution in [0.5, 0.6) is 0 Å². The van der Waals surface area contributed by atoms with Gasteiger partial charge in [0.25, 0.3) is 11.8 Å². The van der Waals surface area contributed by atoms with E-state index in [4.69, 9.17) is 23.1 Å². The van der Waals surface area contributed by atoms with E-state index in [1.807, 2.05) is 42.5 Å². The van der Waals surface area contributed by atoms with Gasteiger partial charge in [0.2, 0.25) is 65.0 Å². The van der Waals surface area contributed by atoms with Gasteiger partial charge in [-0.15, -0.1) is 0 Å². The van der Waals surface area contributed by atoms with Crippen LogP contribution in [0.25, 0.3) is 10.8 Å². The summed E-state index contributed by atoms with van der Waals surface area (Å²) >= 11 is 6.26. The second-order valence-corrected chi connectivity index (χ2v) is 28.3. The third kappa shape index (κ3) is 28.6. The second-order valence-electron chi connectivity index (χ2n) is 27.9. The predicted molar refractivity (Wildman–Crippen MR) is 414 cm³/mol. The fourth-order valence-electron chi connectivity index (χ4n) is 12.6. The van der Waals surface area contributed by atoms with E-state index in [1.54, 1.807) is 74.5 Å². The lowest BCUT2D eigenvalue weighted by Gasteiger charge is -2.31. The van der Waals surface area contributed by atoms with Crippen LogP contribution in [0.3, 0.4) is 0 Å². The van der Waals surface area contributed by atoms with E-state index in [1.165, 1.54) is 55.9 Å². The van der Waals surface area contributed by atoms with E-state index in [9.17, 15) is 57.8 Å². The minimum Gasteiger partial charge on any atom is -0.394 e. The van der Waals surface area contributed by atoms with Crippen LogP contribution in [-0.4, -0.2) is 195 Å². The number of carbonyl (C=O) groups excluding carboxylic acids is 13. The van der Waals surface area contributed by atoms with Gasteiger partial charge in [0.1, 0.15) is 60.4 Å². The van der Waals surface area contributed by atoms with Crippen molar-refractivity contribution in [2.75, 3.05) is 32.8 Å². The van der Waals surface area contributed by atoms with Crippen molar-refractivity contribution in [2.24, 2.45) is 17.4 Å². The number of primary amides is 1. The van der Waals surface area contributed by atoms with Crippen LogP contribution in [0, 0.1) is 5.92 Å². The lowest BCUT2D eigenvalue weighted by Crippen LogP contribution is -2.61. The normalized spacial score (nSPS) is 14.9. The molecule has 0 spiro atoms. The standard InChI is InChI=1S/C79H102ClN17O14/c1-48(2)39-62(73(105)92-61(24-7-10-32-81)79(111)97-38-16-25-67(97)78(110)88-49(3)68(82)100)93-72(104)60(23-9-12-37-87-70(102)57-21-15-35-85-46-57)90-71(103)59(22-8-11-36-86-69(101)56-20-14-34-84-45-56)91-77(109)66(47-98)96-76(108)65(43-53-17-13-33-83-44-53)95-75(107)64(41-51-27-30-58(80)31-28-51)94-74(106)63(89-50(4)99)42-52-26-29-54-18-5-6-19-55(54)40-52/h5-6,13-15,17-21,26-31,33-35,40,44-46,48-49,59-67,98H,7-12,16,22-25,32,36-39,41-43,47,81H2,1-4H3,(H2,82,100)(H,86,101)(H,87,102)(H,88,110)(H,89,99)(H,90,103)(H,91,109)(H,92,105)(H,93,104)(H,94,106)(H,95,107)(H,96,108). The fourth-order valence-corrected chi connectivity index (χ4v) is 12.7. The Balaban J connectivity index is 1.15. The van der Waals surface area contributed by atoms with Gasteiger partial charge in [-0.25, -0.2) is 0 Å². The molecule has 3 aromatic heterocycles. The summed E-state index contributed by atoms with van der Waals surface area (Å²) in [4.78, 5) is 196. The van der Waals surface area contributed by atoms with Crippen LogP contribution in [0.15, 0.2) is 140 Å². The molecule has 6 aromatic rings. The first-order chi connectivity index (χ1) is 53.3. The number of hydrogen-bond acceptors (Lipinski definition) is 18. The average molecular weight is 1550 g/mol. The number of hydrogen-bond donors (Lipinski definition) is 14. The largest absolute Gasteiger partial charge is 0.394 e. The maximum absolute atomic E-state index is 15.1. The topological polar surface area (TPSA) is 468 Å². The molecule has 1 saturated heterocycles.